The Morgan fingerprint density at radius 2 is 2.17 bits per heavy atom. The number of aromatic nitrogens is 2. The minimum atomic E-state index is 0.172. The first kappa shape index (κ1) is 13.2. The first-order valence-corrected chi connectivity index (χ1v) is 6.98. The van der Waals surface area contributed by atoms with Crippen LogP contribution in [0.5, 0.6) is 0 Å². The molecule has 100 valence electrons. The van der Waals surface area contributed by atoms with Gasteiger partial charge in [-0.1, -0.05) is 11.3 Å². The van der Waals surface area contributed by atoms with Gasteiger partial charge in [-0.05, 0) is 6.42 Å². The lowest BCUT2D eigenvalue weighted by atomic mass is 10.4. The van der Waals surface area contributed by atoms with E-state index >= 15 is 0 Å². The number of hydrogen-bond donors (Lipinski definition) is 1. The zero-order valence-electron chi connectivity index (χ0n) is 10.8. The lowest BCUT2D eigenvalue weighted by Crippen LogP contribution is -2.33. The lowest BCUT2D eigenvalue weighted by molar-refractivity contribution is -0.128. The molecule has 1 aromatic rings. The van der Waals surface area contributed by atoms with E-state index in [1.807, 2.05) is 11.9 Å². The van der Waals surface area contributed by atoms with Gasteiger partial charge in [0.15, 0.2) is 0 Å². The summed E-state index contributed by atoms with van der Waals surface area (Å²) in [7, 11) is 1.85. The summed E-state index contributed by atoms with van der Waals surface area (Å²) in [5.74, 6) is 0.172. The van der Waals surface area contributed by atoms with Crippen LogP contribution in [0, 0.1) is 0 Å². The Bertz CT molecular complexity index is 408. The van der Waals surface area contributed by atoms with Crippen LogP contribution in [0.1, 0.15) is 18.4 Å². The smallest absolute Gasteiger partial charge is 0.219 e. The topological polar surface area (TPSA) is 61.4 Å². The number of amides is 1. The summed E-state index contributed by atoms with van der Waals surface area (Å²) < 4.78 is 0. The minimum Gasteiger partial charge on any atom is -0.363 e. The second-order valence-corrected chi connectivity index (χ2v) is 5.45. The maximum Gasteiger partial charge on any atom is 0.219 e. The molecule has 18 heavy (non-hydrogen) atoms. The van der Waals surface area contributed by atoms with Gasteiger partial charge in [0.05, 0.1) is 6.54 Å². The molecule has 1 fully saturated rings. The summed E-state index contributed by atoms with van der Waals surface area (Å²) >= 11 is 1.58. The van der Waals surface area contributed by atoms with Crippen LogP contribution >= 0.6 is 11.3 Å². The largest absolute Gasteiger partial charge is 0.363 e. The Morgan fingerprint density at radius 3 is 2.83 bits per heavy atom. The molecule has 0 aliphatic carbocycles. The van der Waals surface area contributed by atoms with Crippen molar-refractivity contribution in [3.05, 3.63) is 5.01 Å². The molecule has 1 N–H and O–H groups in total. The molecular formula is C11H19N5OS. The van der Waals surface area contributed by atoms with Gasteiger partial charge < -0.3 is 10.2 Å². The molecule has 0 atom stereocenters. The summed E-state index contributed by atoms with van der Waals surface area (Å²) in [6, 6.07) is 0. The Balaban J connectivity index is 1.88. The van der Waals surface area contributed by atoms with Crippen LogP contribution in [0.15, 0.2) is 0 Å². The Morgan fingerprint density at radius 1 is 1.33 bits per heavy atom. The molecule has 1 aliphatic heterocycles. The van der Waals surface area contributed by atoms with E-state index in [-0.39, 0.29) is 5.91 Å². The summed E-state index contributed by atoms with van der Waals surface area (Å²) in [4.78, 5) is 15.6. The molecule has 0 spiro atoms. The molecule has 2 rings (SSSR count). The van der Waals surface area contributed by atoms with E-state index in [2.05, 4.69) is 20.4 Å². The van der Waals surface area contributed by atoms with Crippen LogP contribution in [0.3, 0.4) is 0 Å². The van der Waals surface area contributed by atoms with Crippen LogP contribution in [0.25, 0.3) is 0 Å². The molecule has 1 saturated heterocycles. The van der Waals surface area contributed by atoms with Crippen molar-refractivity contribution >= 4 is 22.4 Å². The number of carbonyl (C=O) groups is 1. The maximum absolute atomic E-state index is 11.3. The predicted molar refractivity (Wildman–Crippen MR) is 71.6 cm³/mol. The average molecular weight is 269 g/mol. The monoisotopic (exact) mass is 269 g/mol. The Kier molecular flexibility index (Phi) is 4.48. The van der Waals surface area contributed by atoms with Crippen molar-refractivity contribution < 1.29 is 4.79 Å². The molecule has 0 aromatic carbocycles. The summed E-state index contributed by atoms with van der Waals surface area (Å²) in [6.07, 6.45) is 1.03. The van der Waals surface area contributed by atoms with Crippen molar-refractivity contribution in [3.8, 4) is 0 Å². The fourth-order valence-electron chi connectivity index (χ4n) is 2.05. The molecule has 0 radical (unpaired) electrons. The van der Waals surface area contributed by atoms with E-state index in [0.717, 1.165) is 49.3 Å². The molecule has 1 amide bonds. The van der Waals surface area contributed by atoms with Gasteiger partial charge >= 0.3 is 0 Å². The third-order valence-electron chi connectivity index (χ3n) is 3.07. The van der Waals surface area contributed by atoms with Crippen LogP contribution in [0.2, 0.25) is 0 Å². The molecule has 7 heteroatoms. The maximum atomic E-state index is 11.3. The second kappa shape index (κ2) is 6.10. The zero-order chi connectivity index (χ0) is 13.0. The molecule has 1 aromatic heterocycles. The number of rotatable bonds is 3. The standard InChI is InChI=1S/C11H19N5OS/c1-9(17)16-5-3-4-15(6-7-16)8-10-13-14-11(12-2)18-10/h3-8H2,1-2H3,(H,12,14). The minimum absolute atomic E-state index is 0.172. The zero-order valence-corrected chi connectivity index (χ0v) is 11.7. The fraction of sp³-hybridized carbons (Fsp3) is 0.727. The van der Waals surface area contributed by atoms with Gasteiger partial charge in [-0.25, -0.2) is 0 Å². The highest BCUT2D eigenvalue weighted by Gasteiger charge is 2.17. The fourth-order valence-corrected chi connectivity index (χ4v) is 2.79. The van der Waals surface area contributed by atoms with Gasteiger partial charge in [-0.2, -0.15) is 0 Å². The van der Waals surface area contributed by atoms with Crippen LogP contribution in [-0.2, 0) is 11.3 Å². The van der Waals surface area contributed by atoms with Gasteiger partial charge in [-0.15, -0.1) is 10.2 Å². The second-order valence-electron chi connectivity index (χ2n) is 4.39. The van der Waals surface area contributed by atoms with E-state index in [0.29, 0.717) is 0 Å². The molecule has 1 aliphatic rings. The SMILES string of the molecule is CNc1nnc(CN2CCCN(C(C)=O)CC2)s1. The van der Waals surface area contributed by atoms with Crippen molar-refractivity contribution in [3.63, 3.8) is 0 Å². The van der Waals surface area contributed by atoms with Gasteiger partial charge in [0.25, 0.3) is 0 Å². The van der Waals surface area contributed by atoms with E-state index < -0.39 is 0 Å². The normalized spacial score (nSPS) is 17.6. The van der Waals surface area contributed by atoms with Crippen molar-refractivity contribution in [2.24, 2.45) is 0 Å². The van der Waals surface area contributed by atoms with E-state index in [1.54, 1.807) is 18.3 Å². The lowest BCUT2D eigenvalue weighted by Gasteiger charge is -2.19. The molecule has 0 bridgehead atoms. The Hall–Kier alpha value is -1.21. The molecular weight excluding hydrogens is 250 g/mol. The van der Waals surface area contributed by atoms with Gasteiger partial charge in [0.1, 0.15) is 5.01 Å². The van der Waals surface area contributed by atoms with Crippen molar-refractivity contribution in [1.29, 1.82) is 0 Å². The number of anilines is 1. The first-order valence-electron chi connectivity index (χ1n) is 6.17. The van der Waals surface area contributed by atoms with Crippen molar-refractivity contribution in [2.45, 2.75) is 19.9 Å². The highest BCUT2D eigenvalue weighted by molar-refractivity contribution is 7.15. The number of nitrogens with zero attached hydrogens (tertiary/aromatic N) is 4. The molecule has 6 nitrogen and oxygen atoms in total. The molecule has 0 unspecified atom stereocenters. The predicted octanol–water partition coefficient (Wildman–Crippen LogP) is 0.634. The van der Waals surface area contributed by atoms with Crippen molar-refractivity contribution in [2.75, 3.05) is 38.5 Å². The first-order chi connectivity index (χ1) is 8.69. The van der Waals surface area contributed by atoms with Gasteiger partial charge in [0.2, 0.25) is 11.0 Å². The van der Waals surface area contributed by atoms with Crippen LogP contribution < -0.4 is 5.32 Å². The van der Waals surface area contributed by atoms with Gasteiger partial charge in [-0.3, -0.25) is 9.69 Å². The summed E-state index contributed by atoms with van der Waals surface area (Å²) in [5.41, 5.74) is 0. The average Bonchev–Trinajstić information content (AvgIpc) is 2.66. The highest BCUT2D eigenvalue weighted by atomic mass is 32.1. The van der Waals surface area contributed by atoms with Crippen LogP contribution in [-0.4, -0.2) is 59.1 Å². The van der Waals surface area contributed by atoms with E-state index in [9.17, 15) is 4.79 Å². The summed E-state index contributed by atoms with van der Waals surface area (Å²) in [5, 5.41) is 13.1. The number of hydrogen-bond acceptors (Lipinski definition) is 6. The quantitative estimate of drug-likeness (QED) is 0.872. The number of nitrogens with one attached hydrogen (secondary N) is 1. The Labute approximate surface area is 111 Å². The third kappa shape index (κ3) is 3.39. The van der Waals surface area contributed by atoms with E-state index in [4.69, 9.17) is 0 Å². The van der Waals surface area contributed by atoms with Crippen LogP contribution in [0.4, 0.5) is 5.13 Å². The van der Waals surface area contributed by atoms with Gasteiger partial charge in [0, 0.05) is 40.2 Å². The molecule has 2 heterocycles. The third-order valence-corrected chi connectivity index (χ3v) is 4.00. The number of carbonyl (C=O) groups excluding carboxylic acids is 1. The van der Waals surface area contributed by atoms with Crippen molar-refractivity contribution in [1.82, 2.24) is 20.0 Å². The van der Waals surface area contributed by atoms with E-state index in [1.165, 1.54) is 0 Å². The molecule has 0 saturated carbocycles. The highest BCUT2D eigenvalue weighted by Crippen LogP contribution is 2.17. The summed E-state index contributed by atoms with van der Waals surface area (Å²) in [6.45, 7) is 6.06.